The number of hydrogen-bond acceptors (Lipinski definition) is 7. The van der Waals surface area contributed by atoms with Crippen LogP contribution < -0.4 is 16.0 Å². The first-order valence-corrected chi connectivity index (χ1v) is 8.57. The first kappa shape index (κ1) is 21.0. The van der Waals surface area contributed by atoms with Gasteiger partial charge in [-0.3, -0.25) is 4.79 Å². The highest BCUT2D eigenvalue weighted by Crippen LogP contribution is 2.37. The van der Waals surface area contributed by atoms with Crippen molar-refractivity contribution in [3.8, 4) is 16.9 Å². The molecule has 0 saturated carbocycles. The van der Waals surface area contributed by atoms with E-state index in [1.807, 2.05) is 4.98 Å². The summed E-state index contributed by atoms with van der Waals surface area (Å²) in [5, 5.41) is 19.0. The number of carboxylic acids is 2. The molecule has 5 N–H and O–H groups in total. The van der Waals surface area contributed by atoms with Crippen LogP contribution in [0.15, 0.2) is 27.5 Å². The molecule has 0 unspecified atom stereocenters. The Morgan fingerprint density at radius 3 is 2.39 bits per heavy atom. The Balaban J connectivity index is 2.78. The monoisotopic (exact) mass is 454 g/mol. The molecule has 0 bridgehead atoms. The van der Waals surface area contributed by atoms with Crippen LogP contribution in [0.3, 0.4) is 0 Å². The molecule has 28 heavy (non-hydrogen) atoms. The highest BCUT2D eigenvalue weighted by Gasteiger charge is 2.28. The second-order valence-electron chi connectivity index (χ2n) is 5.34. The first-order valence-electron chi connectivity index (χ1n) is 7.78. The molecule has 2 aromatic rings. The third-order valence-electron chi connectivity index (χ3n) is 3.53. The number of anilines is 1. The summed E-state index contributed by atoms with van der Waals surface area (Å²) in [4.78, 5) is 49.1. The van der Waals surface area contributed by atoms with Crippen LogP contribution in [0.5, 0.6) is 5.75 Å². The predicted molar refractivity (Wildman–Crippen MR) is 101 cm³/mol. The number of halogens is 1. The second kappa shape index (κ2) is 8.57. The van der Waals surface area contributed by atoms with E-state index in [2.05, 4.69) is 15.9 Å². The minimum atomic E-state index is -1.66. The maximum atomic E-state index is 12.2. The summed E-state index contributed by atoms with van der Waals surface area (Å²) in [6.45, 7) is 1.23. The van der Waals surface area contributed by atoms with Crippen LogP contribution in [0.2, 0.25) is 0 Å². The van der Waals surface area contributed by atoms with E-state index in [4.69, 9.17) is 15.2 Å². The minimum Gasteiger partial charge on any atom is -0.481 e. The number of ether oxygens (including phenoxy) is 2. The molecule has 0 fully saturated rings. The molecule has 11 heteroatoms. The van der Waals surface area contributed by atoms with E-state index in [9.17, 15) is 29.4 Å². The van der Waals surface area contributed by atoms with Gasteiger partial charge in [0.1, 0.15) is 22.7 Å². The van der Waals surface area contributed by atoms with Gasteiger partial charge in [0.25, 0.3) is 5.56 Å². The van der Waals surface area contributed by atoms with Crippen molar-refractivity contribution in [2.45, 2.75) is 6.92 Å². The number of aromatic carboxylic acids is 2. The highest BCUT2D eigenvalue weighted by molar-refractivity contribution is 9.10. The van der Waals surface area contributed by atoms with E-state index >= 15 is 0 Å². The summed E-state index contributed by atoms with van der Waals surface area (Å²) in [6, 6.07) is 4.27. The molecule has 0 aliphatic rings. The SMILES string of the molecule is CCOC(=O)COc1ccc(Br)cc1-c1c(C(=O)O)c(N)[nH]c(=O)c1C(=O)O. The van der Waals surface area contributed by atoms with Crippen molar-refractivity contribution in [3.63, 3.8) is 0 Å². The van der Waals surface area contributed by atoms with Crippen molar-refractivity contribution < 1.29 is 34.1 Å². The third kappa shape index (κ3) is 4.31. The molecule has 0 saturated heterocycles. The largest absolute Gasteiger partial charge is 0.481 e. The average Bonchev–Trinajstić information content (AvgIpc) is 2.59. The van der Waals surface area contributed by atoms with Gasteiger partial charge in [-0.1, -0.05) is 15.9 Å². The second-order valence-corrected chi connectivity index (χ2v) is 6.25. The number of carbonyl (C=O) groups excluding carboxylic acids is 1. The van der Waals surface area contributed by atoms with E-state index in [1.165, 1.54) is 18.2 Å². The molecular formula is C17H15BrN2O8. The number of carboxylic acid groups (broad SMARTS) is 2. The van der Waals surface area contributed by atoms with Crippen molar-refractivity contribution in [2.24, 2.45) is 0 Å². The summed E-state index contributed by atoms with van der Waals surface area (Å²) >= 11 is 3.20. The molecule has 0 amide bonds. The molecule has 1 aromatic heterocycles. The van der Waals surface area contributed by atoms with E-state index in [0.717, 1.165) is 0 Å². The Morgan fingerprint density at radius 2 is 1.82 bits per heavy atom. The van der Waals surface area contributed by atoms with Crippen molar-refractivity contribution >= 4 is 39.7 Å². The Kier molecular flexibility index (Phi) is 6.41. The smallest absolute Gasteiger partial charge is 0.344 e. The van der Waals surface area contributed by atoms with E-state index < -0.39 is 52.6 Å². The first-order chi connectivity index (χ1) is 13.2. The van der Waals surface area contributed by atoms with Crippen LogP contribution in [-0.4, -0.2) is 46.3 Å². The fraction of sp³-hybridized carbons (Fsp3) is 0.176. The number of rotatable bonds is 7. The standard InChI is InChI=1S/C17H15BrN2O8/c1-2-27-10(21)6-28-9-4-3-7(18)5-8(9)11-12(16(23)24)14(19)20-15(22)13(11)17(25)26/h3-5H,2,6H2,1H3,(H,23,24)(H,25,26)(H3,19,20,22). The van der Waals surface area contributed by atoms with Gasteiger partial charge in [-0.05, 0) is 25.1 Å². The van der Waals surface area contributed by atoms with Gasteiger partial charge in [-0.2, -0.15) is 0 Å². The number of benzene rings is 1. The molecule has 0 spiro atoms. The minimum absolute atomic E-state index is 0.0359. The molecule has 10 nitrogen and oxygen atoms in total. The van der Waals surface area contributed by atoms with E-state index in [-0.39, 0.29) is 17.9 Å². The number of aromatic nitrogens is 1. The van der Waals surface area contributed by atoms with Gasteiger partial charge in [-0.15, -0.1) is 0 Å². The number of aromatic amines is 1. The number of hydrogen-bond donors (Lipinski definition) is 4. The average molecular weight is 455 g/mol. The normalized spacial score (nSPS) is 10.4. The van der Waals surface area contributed by atoms with Gasteiger partial charge in [0.15, 0.2) is 6.61 Å². The molecule has 1 aromatic carbocycles. The van der Waals surface area contributed by atoms with Crippen LogP contribution in [-0.2, 0) is 9.53 Å². The summed E-state index contributed by atoms with van der Waals surface area (Å²) in [7, 11) is 0. The third-order valence-corrected chi connectivity index (χ3v) is 4.03. The van der Waals surface area contributed by atoms with Crippen LogP contribution in [0.4, 0.5) is 5.82 Å². The van der Waals surface area contributed by atoms with Crippen LogP contribution in [0.1, 0.15) is 27.6 Å². The number of carbonyl (C=O) groups is 3. The summed E-state index contributed by atoms with van der Waals surface area (Å²) < 4.78 is 10.6. The lowest BCUT2D eigenvalue weighted by molar-refractivity contribution is -0.145. The summed E-state index contributed by atoms with van der Waals surface area (Å²) in [6.07, 6.45) is 0. The van der Waals surface area contributed by atoms with E-state index in [1.54, 1.807) is 6.92 Å². The number of H-pyrrole nitrogens is 1. The summed E-state index contributed by atoms with van der Waals surface area (Å²) in [5.74, 6) is -4.45. The number of nitrogen functional groups attached to an aromatic ring is 1. The Hall–Kier alpha value is -3.34. The molecule has 0 atom stereocenters. The number of pyridine rings is 1. The zero-order valence-corrected chi connectivity index (χ0v) is 16.0. The molecule has 1 heterocycles. The molecule has 0 aliphatic carbocycles. The predicted octanol–water partition coefficient (Wildman–Crippen LogP) is 1.72. The van der Waals surface area contributed by atoms with Gasteiger partial charge < -0.3 is 30.4 Å². The van der Waals surface area contributed by atoms with Crippen molar-refractivity contribution in [2.75, 3.05) is 18.9 Å². The topological polar surface area (TPSA) is 169 Å². The van der Waals surface area contributed by atoms with Gasteiger partial charge in [-0.25, -0.2) is 14.4 Å². The highest BCUT2D eigenvalue weighted by atomic mass is 79.9. The van der Waals surface area contributed by atoms with Crippen molar-refractivity contribution in [1.29, 1.82) is 0 Å². The lowest BCUT2D eigenvalue weighted by atomic mass is 9.94. The molecule has 0 aliphatic heterocycles. The quantitative estimate of drug-likeness (QED) is 0.454. The fourth-order valence-corrected chi connectivity index (χ4v) is 2.84. The van der Waals surface area contributed by atoms with Crippen molar-refractivity contribution in [1.82, 2.24) is 4.98 Å². The maximum absolute atomic E-state index is 12.2. The molecular weight excluding hydrogens is 440 g/mol. The van der Waals surface area contributed by atoms with Gasteiger partial charge in [0, 0.05) is 15.6 Å². The zero-order valence-electron chi connectivity index (χ0n) is 14.4. The Labute approximate surface area is 166 Å². The number of esters is 1. The van der Waals surface area contributed by atoms with Crippen LogP contribution in [0, 0.1) is 0 Å². The number of nitrogens with one attached hydrogen (secondary N) is 1. The molecule has 0 radical (unpaired) electrons. The molecule has 2 rings (SSSR count). The van der Waals surface area contributed by atoms with Gasteiger partial charge in [0.2, 0.25) is 0 Å². The van der Waals surface area contributed by atoms with Crippen LogP contribution >= 0.6 is 15.9 Å². The fourth-order valence-electron chi connectivity index (χ4n) is 2.48. The van der Waals surface area contributed by atoms with E-state index in [0.29, 0.717) is 4.47 Å². The maximum Gasteiger partial charge on any atom is 0.344 e. The lowest BCUT2D eigenvalue weighted by Crippen LogP contribution is -2.24. The van der Waals surface area contributed by atoms with Crippen molar-refractivity contribution in [3.05, 3.63) is 44.2 Å². The Bertz CT molecular complexity index is 1010. The van der Waals surface area contributed by atoms with Gasteiger partial charge >= 0.3 is 17.9 Å². The zero-order chi connectivity index (χ0) is 21.0. The van der Waals surface area contributed by atoms with Crippen LogP contribution in [0.25, 0.3) is 11.1 Å². The Morgan fingerprint density at radius 1 is 1.18 bits per heavy atom. The summed E-state index contributed by atoms with van der Waals surface area (Å²) in [5.41, 5.74) is 2.61. The number of nitrogens with two attached hydrogens (primary N) is 1. The van der Waals surface area contributed by atoms with Gasteiger partial charge in [0.05, 0.1) is 6.61 Å². The molecule has 148 valence electrons. The lowest BCUT2D eigenvalue weighted by Gasteiger charge is -2.16.